The highest BCUT2D eigenvalue weighted by Gasteiger charge is 2.13. The third-order valence-corrected chi connectivity index (χ3v) is 2.73. The molecule has 0 aliphatic heterocycles. The van der Waals surface area contributed by atoms with Crippen molar-refractivity contribution in [3.63, 3.8) is 0 Å². The van der Waals surface area contributed by atoms with E-state index < -0.39 is 5.97 Å². The summed E-state index contributed by atoms with van der Waals surface area (Å²) in [4.78, 5) is 10.7. The van der Waals surface area contributed by atoms with E-state index in [1.807, 2.05) is 25.1 Å². The maximum absolute atomic E-state index is 10.7. The van der Waals surface area contributed by atoms with Gasteiger partial charge in [0, 0.05) is 11.6 Å². The molecule has 0 aliphatic carbocycles. The predicted molar refractivity (Wildman–Crippen MR) is 64.1 cm³/mol. The zero-order valence-electron chi connectivity index (χ0n) is 9.55. The molecule has 1 unspecified atom stereocenters. The summed E-state index contributed by atoms with van der Waals surface area (Å²) in [6.07, 6.45) is 0.863. The molecule has 1 aromatic carbocycles. The van der Waals surface area contributed by atoms with Gasteiger partial charge >= 0.3 is 5.97 Å². The number of nitrogens with zero attached hydrogens (tertiary/aromatic N) is 1. The first-order valence-electron chi connectivity index (χ1n) is 5.49. The van der Waals surface area contributed by atoms with Crippen LogP contribution in [-0.4, -0.2) is 21.3 Å². The van der Waals surface area contributed by atoms with E-state index in [1.54, 1.807) is 6.07 Å². The van der Waals surface area contributed by atoms with E-state index in [0.717, 1.165) is 12.1 Å². The lowest BCUT2D eigenvalue weighted by Crippen LogP contribution is -1.98. The quantitative estimate of drug-likeness (QED) is 0.847. The number of hydrogen-bond acceptors (Lipinski definition) is 2. The van der Waals surface area contributed by atoms with Crippen molar-refractivity contribution in [2.75, 3.05) is 0 Å². The molecule has 0 saturated heterocycles. The molecule has 0 fully saturated rings. The number of H-pyrrole nitrogens is 1. The van der Waals surface area contributed by atoms with Crippen molar-refractivity contribution in [3.05, 3.63) is 53.3 Å². The standard InChI is InChI=1S/C13H14N2O2/c1-9(7-10-5-3-2-4-6-10)11-8-12(13(16)17)15-14-11/h2-6,8-9H,7H2,1H3,(H,14,15)(H,16,17). The minimum Gasteiger partial charge on any atom is -0.476 e. The monoisotopic (exact) mass is 230 g/mol. The molecule has 0 spiro atoms. The van der Waals surface area contributed by atoms with Crippen LogP contribution in [0.5, 0.6) is 0 Å². The van der Waals surface area contributed by atoms with Gasteiger partial charge in [-0.05, 0) is 18.1 Å². The second-order valence-electron chi connectivity index (χ2n) is 4.10. The highest BCUT2D eigenvalue weighted by molar-refractivity contribution is 5.85. The number of nitrogens with one attached hydrogen (secondary N) is 1. The van der Waals surface area contributed by atoms with Crippen LogP contribution in [-0.2, 0) is 6.42 Å². The molecule has 2 aromatic rings. The zero-order valence-corrected chi connectivity index (χ0v) is 9.55. The van der Waals surface area contributed by atoms with Crippen molar-refractivity contribution in [1.82, 2.24) is 10.2 Å². The SMILES string of the molecule is CC(Cc1ccccc1)c1cc(C(=O)O)n[nH]1. The van der Waals surface area contributed by atoms with Crippen LogP contribution < -0.4 is 0 Å². The van der Waals surface area contributed by atoms with E-state index >= 15 is 0 Å². The first kappa shape index (κ1) is 11.4. The fourth-order valence-electron chi connectivity index (χ4n) is 1.78. The Morgan fingerprint density at radius 3 is 2.71 bits per heavy atom. The van der Waals surface area contributed by atoms with Crippen LogP contribution in [0.2, 0.25) is 0 Å². The van der Waals surface area contributed by atoms with E-state index in [9.17, 15) is 4.79 Å². The minimum absolute atomic E-state index is 0.0694. The van der Waals surface area contributed by atoms with E-state index in [-0.39, 0.29) is 11.6 Å². The molecule has 17 heavy (non-hydrogen) atoms. The Hall–Kier alpha value is -2.10. The molecule has 0 saturated carbocycles. The van der Waals surface area contributed by atoms with Crippen LogP contribution in [0.25, 0.3) is 0 Å². The van der Waals surface area contributed by atoms with E-state index in [2.05, 4.69) is 22.3 Å². The van der Waals surface area contributed by atoms with Crippen LogP contribution in [0.4, 0.5) is 0 Å². The molecular weight excluding hydrogens is 216 g/mol. The van der Waals surface area contributed by atoms with Gasteiger partial charge in [0.05, 0.1) is 0 Å². The molecule has 1 aromatic heterocycles. The van der Waals surface area contributed by atoms with E-state index in [0.29, 0.717) is 0 Å². The van der Waals surface area contributed by atoms with Gasteiger partial charge in [0.2, 0.25) is 0 Å². The number of carboxylic acids is 1. The fourth-order valence-corrected chi connectivity index (χ4v) is 1.78. The van der Waals surface area contributed by atoms with Gasteiger partial charge in [-0.3, -0.25) is 5.10 Å². The lowest BCUT2D eigenvalue weighted by Gasteiger charge is -2.08. The summed E-state index contributed by atoms with van der Waals surface area (Å²) in [5.74, 6) is -0.780. The topological polar surface area (TPSA) is 66.0 Å². The minimum atomic E-state index is -1.00. The molecule has 2 rings (SSSR count). The predicted octanol–water partition coefficient (Wildman–Crippen LogP) is 2.45. The van der Waals surface area contributed by atoms with Gasteiger partial charge in [0.25, 0.3) is 0 Å². The van der Waals surface area contributed by atoms with Gasteiger partial charge in [-0.15, -0.1) is 0 Å². The van der Waals surface area contributed by atoms with Crippen molar-refractivity contribution in [3.8, 4) is 0 Å². The average molecular weight is 230 g/mol. The molecular formula is C13H14N2O2. The number of rotatable bonds is 4. The molecule has 0 radical (unpaired) electrons. The summed E-state index contributed by atoms with van der Waals surface area (Å²) in [5, 5.41) is 15.3. The highest BCUT2D eigenvalue weighted by atomic mass is 16.4. The Kier molecular flexibility index (Phi) is 3.23. The Morgan fingerprint density at radius 1 is 1.41 bits per heavy atom. The molecule has 1 heterocycles. The third kappa shape index (κ3) is 2.72. The molecule has 0 amide bonds. The van der Waals surface area contributed by atoms with Gasteiger partial charge in [0.15, 0.2) is 5.69 Å². The second-order valence-corrected chi connectivity index (χ2v) is 4.10. The van der Waals surface area contributed by atoms with Crippen molar-refractivity contribution in [2.24, 2.45) is 0 Å². The van der Waals surface area contributed by atoms with E-state index in [1.165, 1.54) is 5.56 Å². The maximum atomic E-state index is 10.7. The van der Waals surface area contributed by atoms with Crippen molar-refractivity contribution in [2.45, 2.75) is 19.3 Å². The Morgan fingerprint density at radius 2 is 2.12 bits per heavy atom. The van der Waals surface area contributed by atoms with Gasteiger partial charge < -0.3 is 5.11 Å². The molecule has 1 atom stereocenters. The summed E-state index contributed by atoms with van der Waals surface area (Å²) in [6.45, 7) is 2.05. The first-order valence-corrected chi connectivity index (χ1v) is 5.49. The summed E-state index contributed by atoms with van der Waals surface area (Å²) in [6, 6.07) is 11.7. The Balaban J connectivity index is 2.09. The number of carbonyl (C=O) groups is 1. The lowest BCUT2D eigenvalue weighted by atomic mass is 9.98. The fraction of sp³-hybridized carbons (Fsp3) is 0.231. The van der Waals surface area contributed by atoms with Crippen LogP contribution in [0, 0.1) is 0 Å². The van der Waals surface area contributed by atoms with Crippen molar-refractivity contribution in [1.29, 1.82) is 0 Å². The molecule has 4 heteroatoms. The molecule has 0 bridgehead atoms. The Labute approximate surface area is 99.3 Å². The maximum Gasteiger partial charge on any atom is 0.356 e. The number of aromatic carboxylic acids is 1. The third-order valence-electron chi connectivity index (χ3n) is 2.73. The molecule has 88 valence electrons. The van der Waals surface area contributed by atoms with Gasteiger partial charge in [-0.25, -0.2) is 4.79 Å². The highest BCUT2D eigenvalue weighted by Crippen LogP contribution is 2.18. The number of aromatic nitrogens is 2. The van der Waals surface area contributed by atoms with Crippen LogP contribution in [0.3, 0.4) is 0 Å². The van der Waals surface area contributed by atoms with Crippen molar-refractivity contribution >= 4 is 5.97 Å². The van der Waals surface area contributed by atoms with Crippen molar-refractivity contribution < 1.29 is 9.90 Å². The Bertz CT molecular complexity index is 505. The van der Waals surface area contributed by atoms with Gasteiger partial charge in [0.1, 0.15) is 0 Å². The average Bonchev–Trinajstić information content (AvgIpc) is 2.79. The van der Waals surface area contributed by atoms with Crippen LogP contribution >= 0.6 is 0 Å². The smallest absolute Gasteiger partial charge is 0.356 e. The number of benzene rings is 1. The number of hydrogen-bond donors (Lipinski definition) is 2. The lowest BCUT2D eigenvalue weighted by molar-refractivity contribution is 0.0690. The zero-order chi connectivity index (χ0) is 12.3. The summed E-state index contributed by atoms with van der Waals surface area (Å²) >= 11 is 0. The van der Waals surface area contributed by atoms with Gasteiger partial charge in [-0.1, -0.05) is 37.3 Å². The molecule has 2 N–H and O–H groups in total. The summed E-state index contributed by atoms with van der Waals surface area (Å²) in [7, 11) is 0. The molecule has 0 aliphatic rings. The van der Waals surface area contributed by atoms with Gasteiger partial charge in [-0.2, -0.15) is 5.10 Å². The van der Waals surface area contributed by atoms with E-state index in [4.69, 9.17) is 5.11 Å². The first-order chi connectivity index (χ1) is 8.16. The number of aromatic amines is 1. The summed E-state index contributed by atoms with van der Waals surface area (Å²) in [5.41, 5.74) is 2.15. The number of carboxylic acid groups (broad SMARTS) is 1. The second kappa shape index (κ2) is 4.82. The van der Waals surface area contributed by atoms with Crippen LogP contribution in [0.15, 0.2) is 36.4 Å². The normalized spacial score (nSPS) is 12.3. The summed E-state index contributed by atoms with van der Waals surface area (Å²) < 4.78 is 0. The largest absolute Gasteiger partial charge is 0.476 e. The van der Waals surface area contributed by atoms with Crippen LogP contribution in [0.1, 0.15) is 34.6 Å². The molecule has 4 nitrogen and oxygen atoms in total.